The molecule has 0 radical (unpaired) electrons. The standard InChI is InChI=1S/C42H35N3/c1-3-13-29(14-4-1)39-43-40(30-15-5-2-6-16-30)45-41(44-39)31-23-21-28(22-24-31)37-33-18-8-7-17-32(33)27-36-38(37)34-19-9-10-20-35(34)42(36)25-11-12-26-42/h1-10,13-24,27,34-35,41H,11-12,25-26H2,(H,43,44,45). The van der Waals surface area contributed by atoms with Crippen LogP contribution in [0.5, 0.6) is 0 Å². The topological polar surface area (TPSA) is 36.8 Å². The zero-order valence-corrected chi connectivity index (χ0v) is 25.2. The Hall–Kier alpha value is -5.02. The largest absolute Gasteiger partial charge is 0.324 e. The Morgan fingerprint density at radius 1 is 0.622 bits per heavy atom. The van der Waals surface area contributed by atoms with Crippen molar-refractivity contribution in [3.05, 3.63) is 167 Å². The van der Waals surface area contributed by atoms with Gasteiger partial charge in [-0.2, -0.15) is 0 Å². The van der Waals surface area contributed by atoms with E-state index in [1.54, 1.807) is 11.1 Å². The number of rotatable bonds is 4. The van der Waals surface area contributed by atoms with Crippen molar-refractivity contribution in [1.82, 2.24) is 5.32 Å². The van der Waals surface area contributed by atoms with Crippen LogP contribution < -0.4 is 5.32 Å². The predicted molar refractivity (Wildman–Crippen MR) is 186 cm³/mol. The minimum absolute atomic E-state index is 0.250. The first kappa shape index (κ1) is 26.4. The van der Waals surface area contributed by atoms with Crippen LogP contribution in [0, 0.1) is 5.92 Å². The highest BCUT2D eigenvalue weighted by Crippen LogP contribution is 2.62. The fraction of sp³-hybridized carbons (Fsp3) is 0.190. The maximum absolute atomic E-state index is 5.11. The number of benzene rings is 5. The highest BCUT2D eigenvalue weighted by atomic mass is 15.2. The van der Waals surface area contributed by atoms with Crippen molar-refractivity contribution in [3.8, 4) is 11.1 Å². The third kappa shape index (κ3) is 4.25. The van der Waals surface area contributed by atoms with Gasteiger partial charge in [-0.15, -0.1) is 0 Å². The van der Waals surface area contributed by atoms with E-state index < -0.39 is 0 Å². The van der Waals surface area contributed by atoms with E-state index in [1.807, 2.05) is 12.1 Å². The molecule has 0 aromatic heterocycles. The molecular weight excluding hydrogens is 546 g/mol. The molecule has 5 aromatic rings. The van der Waals surface area contributed by atoms with Gasteiger partial charge in [0.2, 0.25) is 0 Å². The molecule has 0 bridgehead atoms. The van der Waals surface area contributed by atoms with Gasteiger partial charge in [-0.1, -0.05) is 152 Å². The molecule has 1 N–H and O–H groups in total. The number of nitrogens with one attached hydrogen (secondary N) is 1. The van der Waals surface area contributed by atoms with Crippen LogP contribution >= 0.6 is 0 Å². The van der Waals surface area contributed by atoms with Gasteiger partial charge in [0.15, 0.2) is 6.17 Å². The van der Waals surface area contributed by atoms with Crippen LogP contribution in [0.2, 0.25) is 0 Å². The molecule has 1 aliphatic heterocycles. The third-order valence-electron chi connectivity index (χ3n) is 10.6. The highest BCUT2D eigenvalue weighted by molar-refractivity contribution is 6.15. The van der Waals surface area contributed by atoms with Gasteiger partial charge in [-0.25, -0.2) is 9.98 Å². The molecule has 2 unspecified atom stereocenters. The molecule has 218 valence electrons. The number of allylic oxidation sites excluding steroid dienone is 4. The van der Waals surface area contributed by atoms with Crippen molar-refractivity contribution >= 4 is 22.4 Å². The third-order valence-corrected chi connectivity index (χ3v) is 10.6. The van der Waals surface area contributed by atoms with Crippen LogP contribution in [0.3, 0.4) is 0 Å². The maximum Gasteiger partial charge on any atom is 0.169 e. The summed E-state index contributed by atoms with van der Waals surface area (Å²) >= 11 is 0. The van der Waals surface area contributed by atoms with Crippen molar-refractivity contribution in [1.29, 1.82) is 0 Å². The first-order chi connectivity index (χ1) is 22.3. The van der Waals surface area contributed by atoms with Crippen LogP contribution in [0.1, 0.15) is 65.6 Å². The maximum atomic E-state index is 5.11. The molecule has 3 heteroatoms. The van der Waals surface area contributed by atoms with E-state index >= 15 is 0 Å². The van der Waals surface area contributed by atoms with E-state index in [0.717, 1.165) is 28.4 Å². The average Bonchev–Trinajstić information content (AvgIpc) is 3.72. The van der Waals surface area contributed by atoms with E-state index in [2.05, 4.69) is 133 Å². The molecular formula is C42H35N3. The van der Waals surface area contributed by atoms with Crippen LogP contribution in [0.25, 0.3) is 21.9 Å². The molecule has 2 atom stereocenters. The summed E-state index contributed by atoms with van der Waals surface area (Å²) in [4.78, 5) is 10.2. The van der Waals surface area contributed by atoms with Crippen molar-refractivity contribution in [3.63, 3.8) is 0 Å². The summed E-state index contributed by atoms with van der Waals surface area (Å²) in [5.41, 5.74) is 9.26. The first-order valence-corrected chi connectivity index (χ1v) is 16.3. The fourth-order valence-electron chi connectivity index (χ4n) is 8.54. The Morgan fingerprint density at radius 3 is 1.93 bits per heavy atom. The molecule has 1 saturated carbocycles. The lowest BCUT2D eigenvalue weighted by Gasteiger charge is -2.33. The van der Waals surface area contributed by atoms with Crippen molar-refractivity contribution in [2.75, 3.05) is 0 Å². The number of hydrogen-bond donors (Lipinski definition) is 1. The van der Waals surface area contributed by atoms with Gasteiger partial charge >= 0.3 is 0 Å². The summed E-state index contributed by atoms with van der Waals surface area (Å²) in [7, 11) is 0. The quantitative estimate of drug-likeness (QED) is 0.225. The smallest absolute Gasteiger partial charge is 0.169 e. The van der Waals surface area contributed by atoms with Crippen molar-refractivity contribution in [2.24, 2.45) is 15.9 Å². The van der Waals surface area contributed by atoms with Crippen LogP contribution in [-0.2, 0) is 5.41 Å². The Kier molecular flexibility index (Phi) is 6.19. The van der Waals surface area contributed by atoms with Crippen LogP contribution in [0.15, 0.2) is 150 Å². The van der Waals surface area contributed by atoms with Gasteiger partial charge in [0.05, 0.1) is 0 Å². The Bertz CT molecular complexity index is 1970. The number of nitrogens with zero attached hydrogens (tertiary/aromatic N) is 2. The van der Waals surface area contributed by atoms with Crippen LogP contribution in [-0.4, -0.2) is 11.7 Å². The molecule has 0 saturated heterocycles. The number of fused-ring (bicyclic) bond motifs is 6. The van der Waals surface area contributed by atoms with E-state index in [-0.39, 0.29) is 11.6 Å². The SMILES string of the molecule is C1=CC2c3c(cc4ccccc4c3-c3ccc(C4N=C(c5ccccc5)NC(c5ccccc5)=N4)cc3)C3(CCCC3)C2C=C1. The van der Waals surface area contributed by atoms with E-state index in [4.69, 9.17) is 9.98 Å². The fourth-order valence-corrected chi connectivity index (χ4v) is 8.54. The number of hydrogen-bond acceptors (Lipinski definition) is 3. The number of aliphatic imine (C=N–C) groups is 2. The summed E-state index contributed by atoms with van der Waals surface area (Å²) < 4.78 is 0. The summed E-state index contributed by atoms with van der Waals surface area (Å²) in [6.07, 6.45) is 14.4. The monoisotopic (exact) mass is 581 g/mol. The Balaban J connectivity index is 1.18. The molecule has 45 heavy (non-hydrogen) atoms. The second kappa shape index (κ2) is 10.6. The number of amidine groups is 2. The molecule has 3 nitrogen and oxygen atoms in total. The summed E-state index contributed by atoms with van der Waals surface area (Å²) in [5, 5.41) is 6.20. The van der Waals surface area contributed by atoms with Crippen molar-refractivity contribution < 1.29 is 0 Å². The molecule has 3 aliphatic carbocycles. The minimum atomic E-state index is -0.332. The van der Waals surface area contributed by atoms with Gasteiger partial charge in [-0.05, 0) is 57.3 Å². The van der Waals surface area contributed by atoms with Crippen LogP contribution in [0.4, 0.5) is 0 Å². The van der Waals surface area contributed by atoms with Gasteiger partial charge in [-0.3, -0.25) is 0 Å². The summed E-state index contributed by atoms with van der Waals surface area (Å²) in [6, 6.07) is 41.3. The minimum Gasteiger partial charge on any atom is -0.324 e. The predicted octanol–water partition coefficient (Wildman–Crippen LogP) is 9.65. The van der Waals surface area contributed by atoms with E-state index in [1.165, 1.54) is 47.6 Å². The zero-order valence-electron chi connectivity index (χ0n) is 25.2. The Morgan fingerprint density at radius 2 is 1.24 bits per heavy atom. The molecule has 0 amide bonds. The first-order valence-electron chi connectivity index (χ1n) is 16.3. The highest BCUT2D eigenvalue weighted by Gasteiger charge is 2.52. The van der Waals surface area contributed by atoms with Gasteiger partial charge in [0.1, 0.15) is 11.7 Å². The molecule has 9 rings (SSSR count). The van der Waals surface area contributed by atoms with E-state index in [0.29, 0.717) is 11.8 Å². The lowest BCUT2D eigenvalue weighted by Crippen LogP contribution is -2.35. The zero-order chi connectivity index (χ0) is 29.8. The molecule has 1 fully saturated rings. The van der Waals surface area contributed by atoms with Gasteiger partial charge in [0.25, 0.3) is 0 Å². The second-order valence-electron chi connectivity index (χ2n) is 12.9. The lowest BCUT2D eigenvalue weighted by molar-refractivity contribution is 0.337. The normalized spacial score (nSPS) is 21.3. The molecule has 4 aliphatic rings. The second-order valence-corrected chi connectivity index (χ2v) is 12.9. The van der Waals surface area contributed by atoms with Gasteiger partial charge in [0, 0.05) is 22.5 Å². The van der Waals surface area contributed by atoms with Crippen molar-refractivity contribution in [2.45, 2.75) is 43.2 Å². The Labute approximate surface area is 264 Å². The lowest BCUT2D eigenvalue weighted by atomic mass is 9.70. The van der Waals surface area contributed by atoms with E-state index in [9.17, 15) is 0 Å². The summed E-state index contributed by atoms with van der Waals surface area (Å²) in [5.74, 6) is 2.65. The van der Waals surface area contributed by atoms with Gasteiger partial charge < -0.3 is 5.32 Å². The molecule has 5 aromatic carbocycles. The molecule has 1 spiro atoms. The molecule has 1 heterocycles. The summed E-state index contributed by atoms with van der Waals surface area (Å²) in [6.45, 7) is 0. The average molecular weight is 582 g/mol.